The summed E-state index contributed by atoms with van der Waals surface area (Å²) in [6.45, 7) is 0. The van der Waals surface area contributed by atoms with Gasteiger partial charge in [-0.05, 0) is 18.2 Å². The van der Waals surface area contributed by atoms with E-state index in [1.165, 1.54) is 18.2 Å². The Kier molecular flexibility index (Phi) is 3.88. The van der Waals surface area contributed by atoms with Gasteiger partial charge in [0.05, 0.1) is 5.02 Å². The van der Waals surface area contributed by atoms with Crippen molar-refractivity contribution < 1.29 is 15.0 Å². The number of carbonyl (C=O) groups excluding carboxylic acids is 1. The molecule has 0 heterocycles. The van der Waals surface area contributed by atoms with E-state index in [1.807, 2.05) is 6.07 Å². The zero-order valence-electron chi connectivity index (χ0n) is 9.88. The third-order valence-electron chi connectivity index (χ3n) is 2.57. The minimum Gasteiger partial charge on any atom is -0.507 e. The van der Waals surface area contributed by atoms with Gasteiger partial charge in [-0.3, -0.25) is 4.79 Å². The maximum absolute atomic E-state index is 11.8. The van der Waals surface area contributed by atoms with Crippen molar-refractivity contribution in [3.05, 3.63) is 64.7 Å². The molecule has 0 unspecified atom stereocenters. The summed E-state index contributed by atoms with van der Waals surface area (Å²) < 4.78 is 0. The van der Waals surface area contributed by atoms with Gasteiger partial charge in [0, 0.05) is 17.2 Å². The van der Waals surface area contributed by atoms with Crippen molar-refractivity contribution in [3.63, 3.8) is 0 Å². The molecule has 2 N–H and O–H groups in total. The van der Waals surface area contributed by atoms with E-state index in [1.54, 1.807) is 24.3 Å². The van der Waals surface area contributed by atoms with Gasteiger partial charge in [-0.15, -0.1) is 0 Å². The highest BCUT2D eigenvalue weighted by Crippen LogP contribution is 2.31. The highest BCUT2D eigenvalue weighted by molar-refractivity contribution is 6.32. The molecule has 2 rings (SSSR count). The zero-order chi connectivity index (χ0) is 13.8. The van der Waals surface area contributed by atoms with E-state index >= 15 is 0 Å². The quantitative estimate of drug-likeness (QED) is 0.663. The highest BCUT2D eigenvalue weighted by Gasteiger charge is 2.06. The number of benzene rings is 2. The Morgan fingerprint density at radius 1 is 1.05 bits per heavy atom. The molecule has 0 fully saturated rings. The summed E-state index contributed by atoms with van der Waals surface area (Å²) in [5, 5.41) is 19.0. The van der Waals surface area contributed by atoms with Crippen LogP contribution in [0.5, 0.6) is 11.5 Å². The third kappa shape index (κ3) is 3.14. The topological polar surface area (TPSA) is 57.5 Å². The molecule has 0 saturated carbocycles. The lowest BCUT2D eigenvalue weighted by Gasteiger charge is -2.02. The van der Waals surface area contributed by atoms with Crippen molar-refractivity contribution in [3.8, 4) is 11.5 Å². The van der Waals surface area contributed by atoms with Crippen LogP contribution in [0.2, 0.25) is 5.02 Å². The molecular formula is C15H11ClO3. The average molecular weight is 275 g/mol. The Morgan fingerprint density at radius 3 is 2.42 bits per heavy atom. The summed E-state index contributed by atoms with van der Waals surface area (Å²) in [5.41, 5.74) is 0.926. The summed E-state index contributed by atoms with van der Waals surface area (Å²) in [6, 6.07) is 11.3. The molecule has 0 aliphatic carbocycles. The fourth-order valence-corrected chi connectivity index (χ4v) is 1.74. The van der Waals surface area contributed by atoms with Crippen LogP contribution < -0.4 is 0 Å². The summed E-state index contributed by atoms with van der Waals surface area (Å²) in [4.78, 5) is 11.8. The smallest absolute Gasteiger partial charge is 0.185 e. The Morgan fingerprint density at radius 2 is 1.74 bits per heavy atom. The van der Waals surface area contributed by atoms with Crippen molar-refractivity contribution in [1.82, 2.24) is 0 Å². The number of allylic oxidation sites excluding steroid dienone is 1. The summed E-state index contributed by atoms with van der Waals surface area (Å²) in [6.07, 6.45) is 2.80. The molecule has 0 radical (unpaired) electrons. The van der Waals surface area contributed by atoms with Crippen LogP contribution in [-0.2, 0) is 0 Å². The largest absolute Gasteiger partial charge is 0.507 e. The number of phenolic OH excluding ortho intramolecular Hbond substituents is 2. The van der Waals surface area contributed by atoms with Gasteiger partial charge in [0.2, 0.25) is 0 Å². The number of halogens is 1. The lowest BCUT2D eigenvalue weighted by atomic mass is 10.1. The van der Waals surface area contributed by atoms with E-state index < -0.39 is 0 Å². The number of rotatable bonds is 3. The number of hydrogen-bond acceptors (Lipinski definition) is 3. The standard InChI is InChI=1S/C15H11ClO3/c16-12-8-11(14(18)9-15(12)19)6-7-13(17)10-4-2-1-3-5-10/h1-9,18-19H. The molecule has 0 aromatic heterocycles. The predicted octanol–water partition coefficient (Wildman–Crippen LogP) is 3.65. The molecule has 0 aliphatic heterocycles. The molecule has 0 bridgehead atoms. The SMILES string of the molecule is O=C(C=Cc1cc(Cl)c(O)cc1O)c1ccccc1. The second-order valence-electron chi connectivity index (χ2n) is 3.93. The monoisotopic (exact) mass is 274 g/mol. The van der Waals surface area contributed by atoms with Crippen LogP contribution in [0.3, 0.4) is 0 Å². The second-order valence-corrected chi connectivity index (χ2v) is 4.33. The molecule has 0 amide bonds. The third-order valence-corrected chi connectivity index (χ3v) is 2.87. The summed E-state index contributed by atoms with van der Waals surface area (Å²) in [7, 11) is 0. The van der Waals surface area contributed by atoms with Gasteiger partial charge in [-0.25, -0.2) is 0 Å². The van der Waals surface area contributed by atoms with Gasteiger partial charge in [0.1, 0.15) is 11.5 Å². The van der Waals surface area contributed by atoms with E-state index in [4.69, 9.17) is 11.6 Å². The maximum atomic E-state index is 11.8. The molecule has 96 valence electrons. The minimum absolute atomic E-state index is 0.115. The first kappa shape index (κ1) is 13.2. The van der Waals surface area contributed by atoms with E-state index in [0.29, 0.717) is 11.1 Å². The van der Waals surface area contributed by atoms with Crippen LogP contribution >= 0.6 is 11.6 Å². The number of ketones is 1. The van der Waals surface area contributed by atoms with Gasteiger partial charge >= 0.3 is 0 Å². The number of aromatic hydroxyl groups is 2. The molecule has 0 spiro atoms. The number of hydrogen-bond donors (Lipinski definition) is 2. The van der Waals surface area contributed by atoms with Crippen LogP contribution in [0.1, 0.15) is 15.9 Å². The molecule has 0 atom stereocenters. The van der Waals surface area contributed by atoms with Gasteiger partial charge in [-0.1, -0.05) is 41.9 Å². The molecule has 0 saturated heterocycles. The maximum Gasteiger partial charge on any atom is 0.185 e. The predicted molar refractivity (Wildman–Crippen MR) is 74.6 cm³/mol. The van der Waals surface area contributed by atoms with E-state index in [0.717, 1.165) is 6.07 Å². The van der Waals surface area contributed by atoms with Crippen LogP contribution in [0.4, 0.5) is 0 Å². The molecule has 3 nitrogen and oxygen atoms in total. The first-order chi connectivity index (χ1) is 9.08. The lowest BCUT2D eigenvalue weighted by molar-refractivity contribution is 0.104. The van der Waals surface area contributed by atoms with Gasteiger partial charge in [-0.2, -0.15) is 0 Å². The second kappa shape index (κ2) is 5.59. The minimum atomic E-state index is -0.203. The molecule has 4 heteroatoms. The molecular weight excluding hydrogens is 264 g/mol. The van der Waals surface area contributed by atoms with E-state index in [9.17, 15) is 15.0 Å². The van der Waals surface area contributed by atoms with Crippen molar-refractivity contribution >= 4 is 23.5 Å². The summed E-state index contributed by atoms with van der Waals surface area (Å²) in [5.74, 6) is -0.520. The first-order valence-electron chi connectivity index (χ1n) is 5.57. The van der Waals surface area contributed by atoms with Gasteiger partial charge in [0.15, 0.2) is 5.78 Å². The molecule has 0 aliphatic rings. The lowest BCUT2D eigenvalue weighted by Crippen LogP contribution is -1.92. The fourth-order valence-electron chi connectivity index (χ4n) is 1.56. The highest BCUT2D eigenvalue weighted by atomic mass is 35.5. The zero-order valence-corrected chi connectivity index (χ0v) is 10.6. The van der Waals surface area contributed by atoms with Crippen molar-refractivity contribution in [1.29, 1.82) is 0 Å². The van der Waals surface area contributed by atoms with E-state index in [2.05, 4.69) is 0 Å². The van der Waals surface area contributed by atoms with Crippen molar-refractivity contribution in [2.75, 3.05) is 0 Å². The van der Waals surface area contributed by atoms with Crippen molar-refractivity contribution in [2.45, 2.75) is 0 Å². The van der Waals surface area contributed by atoms with Crippen molar-refractivity contribution in [2.24, 2.45) is 0 Å². The van der Waals surface area contributed by atoms with E-state index in [-0.39, 0.29) is 22.3 Å². The normalized spacial score (nSPS) is 10.8. The van der Waals surface area contributed by atoms with Gasteiger partial charge < -0.3 is 10.2 Å². The summed E-state index contributed by atoms with van der Waals surface area (Å²) >= 11 is 5.74. The average Bonchev–Trinajstić information content (AvgIpc) is 2.42. The van der Waals surface area contributed by atoms with Crippen LogP contribution in [0.15, 0.2) is 48.5 Å². The Bertz CT molecular complexity index is 633. The molecule has 19 heavy (non-hydrogen) atoms. The fraction of sp³-hybridized carbons (Fsp3) is 0. The number of carbonyl (C=O) groups is 1. The number of phenols is 2. The molecule has 2 aromatic rings. The van der Waals surface area contributed by atoms with Crippen LogP contribution in [0, 0.1) is 0 Å². The Balaban J connectivity index is 2.24. The van der Waals surface area contributed by atoms with Crippen LogP contribution in [0.25, 0.3) is 6.08 Å². The van der Waals surface area contributed by atoms with Gasteiger partial charge in [0.25, 0.3) is 0 Å². The molecule has 2 aromatic carbocycles. The Hall–Kier alpha value is -2.26. The van der Waals surface area contributed by atoms with Crippen LogP contribution in [-0.4, -0.2) is 16.0 Å². The first-order valence-corrected chi connectivity index (χ1v) is 5.94. The Labute approximate surface area is 115 Å².